The lowest BCUT2D eigenvalue weighted by Crippen LogP contribution is -2.52. The average molecular weight is 498 g/mol. The highest BCUT2D eigenvalue weighted by molar-refractivity contribution is 7.89. The van der Waals surface area contributed by atoms with Crippen LogP contribution in [-0.2, 0) is 19.7 Å². The van der Waals surface area contributed by atoms with Gasteiger partial charge in [0.25, 0.3) is 0 Å². The SMILES string of the molecule is CO/N=C1\CC(C(=O)NC2C3CCC(C3)C2CO)N(S(=O)(=O)c2ccc(-c3ccccc3)cc2)C1. The smallest absolute Gasteiger partial charge is 0.244 e. The second kappa shape index (κ2) is 9.72. The van der Waals surface area contributed by atoms with Crippen LogP contribution in [0.5, 0.6) is 0 Å². The van der Waals surface area contributed by atoms with Crippen molar-refractivity contribution in [3.63, 3.8) is 0 Å². The van der Waals surface area contributed by atoms with Crippen LogP contribution in [-0.4, -0.2) is 61.8 Å². The molecule has 3 fully saturated rings. The van der Waals surface area contributed by atoms with Gasteiger partial charge in [-0.25, -0.2) is 8.42 Å². The Bertz CT molecular complexity index is 1200. The fraction of sp³-hybridized carbons (Fsp3) is 0.462. The Balaban J connectivity index is 1.39. The van der Waals surface area contributed by atoms with Gasteiger partial charge in [-0.1, -0.05) is 47.6 Å². The van der Waals surface area contributed by atoms with E-state index in [9.17, 15) is 18.3 Å². The second-order valence-corrected chi connectivity index (χ2v) is 11.6. The molecule has 1 saturated heterocycles. The molecule has 2 aliphatic carbocycles. The van der Waals surface area contributed by atoms with Crippen molar-refractivity contribution in [3.8, 4) is 11.1 Å². The molecule has 1 heterocycles. The Morgan fingerprint density at radius 1 is 1.09 bits per heavy atom. The van der Waals surface area contributed by atoms with Crippen LogP contribution in [0.15, 0.2) is 64.6 Å². The molecule has 2 saturated carbocycles. The summed E-state index contributed by atoms with van der Waals surface area (Å²) < 4.78 is 28.5. The van der Waals surface area contributed by atoms with Gasteiger partial charge in [0, 0.05) is 25.0 Å². The molecule has 5 atom stereocenters. The lowest BCUT2D eigenvalue weighted by molar-refractivity contribution is -0.125. The minimum absolute atomic E-state index is 0.00511. The Kier molecular flexibility index (Phi) is 6.65. The normalized spacial score (nSPS) is 29.5. The molecule has 0 spiro atoms. The fourth-order valence-electron chi connectivity index (χ4n) is 6.09. The third-order valence-corrected chi connectivity index (χ3v) is 9.68. The van der Waals surface area contributed by atoms with Crippen molar-refractivity contribution in [2.75, 3.05) is 20.3 Å². The number of fused-ring (bicyclic) bond motifs is 2. The molecule has 2 N–H and O–H groups in total. The highest BCUT2D eigenvalue weighted by Crippen LogP contribution is 2.48. The summed E-state index contributed by atoms with van der Waals surface area (Å²) in [5.74, 6) is 0.450. The predicted molar refractivity (Wildman–Crippen MR) is 132 cm³/mol. The average Bonchev–Trinajstić information content (AvgIpc) is 3.60. The Labute approximate surface area is 206 Å². The van der Waals surface area contributed by atoms with Crippen LogP contribution >= 0.6 is 0 Å². The van der Waals surface area contributed by atoms with Gasteiger partial charge in [0.1, 0.15) is 13.2 Å². The van der Waals surface area contributed by atoms with Crippen molar-refractivity contribution >= 4 is 21.6 Å². The van der Waals surface area contributed by atoms with E-state index in [-0.39, 0.29) is 42.3 Å². The zero-order valence-corrected chi connectivity index (χ0v) is 20.5. The van der Waals surface area contributed by atoms with Crippen LogP contribution in [0.3, 0.4) is 0 Å². The van der Waals surface area contributed by atoms with Crippen LogP contribution in [0.1, 0.15) is 25.7 Å². The lowest BCUT2D eigenvalue weighted by Gasteiger charge is -2.32. The third-order valence-electron chi connectivity index (χ3n) is 7.81. The van der Waals surface area contributed by atoms with Crippen molar-refractivity contribution < 1.29 is 23.2 Å². The van der Waals surface area contributed by atoms with Gasteiger partial charge >= 0.3 is 0 Å². The maximum absolute atomic E-state index is 13.6. The third kappa shape index (κ3) is 4.48. The predicted octanol–water partition coefficient (Wildman–Crippen LogP) is 2.64. The zero-order valence-electron chi connectivity index (χ0n) is 19.7. The molecular weight excluding hydrogens is 466 g/mol. The molecular formula is C26H31N3O5S. The maximum atomic E-state index is 13.6. The number of hydrogen-bond acceptors (Lipinski definition) is 6. The number of rotatable bonds is 7. The van der Waals surface area contributed by atoms with E-state index in [0.717, 1.165) is 30.4 Å². The number of hydrogen-bond donors (Lipinski definition) is 2. The fourth-order valence-corrected chi connectivity index (χ4v) is 7.67. The summed E-state index contributed by atoms with van der Waals surface area (Å²) in [4.78, 5) is 18.4. The molecule has 2 aromatic carbocycles. The minimum atomic E-state index is -3.96. The van der Waals surface area contributed by atoms with Crippen LogP contribution in [0, 0.1) is 17.8 Å². The van der Waals surface area contributed by atoms with E-state index in [0.29, 0.717) is 17.5 Å². The van der Waals surface area contributed by atoms with Gasteiger partial charge < -0.3 is 15.3 Å². The number of sulfonamides is 1. The standard InChI is InChI=1S/C26H31N3O5S/c1-34-28-21-14-24(26(31)27-25-20-8-7-19(13-20)23(25)16-30)29(15-21)35(32,33)22-11-9-18(10-12-22)17-5-3-2-4-6-17/h2-6,9-12,19-20,23-25,30H,7-8,13-16H2,1H3,(H,27,31)/b28-21+. The molecule has 5 unspecified atom stereocenters. The number of nitrogens with zero attached hydrogens (tertiary/aromatic N) is 2. The Hall–Kier alpha value is -2.75. The summed E-state index contributed by atoms with van der Waals surface area (Å²) in [7, 11) is -2.55. The zero-order chi connectivity index (χ0) is 24.6. The summed E-state index contributed by atoms with van der Waals surface area (Å²) in [5, 5.41) is 16.9. The van der Waals surface area contributed by atoms with E-state index < -0.39 is 16.1 Å². The van der Waals surface area contributed by atoms with Crippen molar-refractivity contribution in [2.45, 2.75) is 42.7 Å². The maximum Gasteiger partial charge on any atom is 0.244 e. The van der Waals surface area contributed by atoms with Gasteiger partial charge in [0.2, 0.25) is 15.9 Å². The first kappa shape index (κ1) is 24.0. The van der Waals surface area contributed by atoms with E-state index in [1.54, 1.807) is 24.3 Å². The van der Waals surface area contributed by atoms with Gasteiger partial charge in [0.05, 0.1) is 17.2 Å². The van der Waals surface area contributed by atoms with Crippen LogP contribution < -0.4 is 5.32 Å². The number of carbonyl (C=O) groups excluding carboxylic acids is 1. The van der Waals surface area contributed by atoms with Crippen LogP contribution in [0.2, 0.25) is 0 Å². The highest BCUT2D eigenvalue weighted by atomic mass is 32.2. The molecule has 1 amide bonds. The minimum Gasteiger partial charge on any atom is -0.399 e. The summed E-state index contributed by atoms with van der Waals surface area (Å²) in [6.07, 6.45) is 3.29. The van der Waals surface area contributed by atoms with E-state index >= 15 is 0 Å². The van der Waals surface area contributed by atoms with E-state index in [2.05, 4.69) is 10.5 Å². The summed E-state index contributed by atoms with van der Waals surface area (Å²) in [5.41, 5.74) is 2.41. The molecule has 0 radical (unpaired) electrons. The Morgan fingerprint density at radius 2 is 1.77 bits per heavy atom. The van der Waals surface area contributed by atoms with E-state index in [4.69, 9.17) is 4.84 Å². The number of oxime groups is 1. The van der Waals surface area contributed by atoms with Gasteiger partial charge in [-0.05, 0) is 54.4 Å². The van der Waals surface area contributed by atoms with Gasteiger partial charge in [-0.2, -0.15) is 4.31 Å². The summed E-state index contributed by atoms with van der Waals surface area (Å²) >= 11 is 0. The van der Waals surface area contributed by atoms with Gasteiger partial charge in [-0.3, -0.25) is 4.79 Å². The van der Waals surface area contributed by atoms with Crippen molar-refractivity contribution in [2.24, 2.45) is 22.9 Å². The lowest BCUT2D eigenvalue weighted by atomic mass is 9.85. The first-order chi connectivity index (χ1) is 16.9. The highest BCUT2D eigenvalue weighted by Gasteiger charge is 2.50. The quantitative estimate of drug-likeness (QED) is 0.572. The van der Waals surface area contributed by atoms with E-state index in [1.807, 2.05) is 30.3 Å². The molecule has 2 bridgehead atoms. The second-order valence-electron chi connectivity index (χ2n) is 9.71. The molecule has 35 heavy (non-hydrogen) atoms. The number of benzene rings is 2. The van der Waals surface area contributed by atoms with Crippen molar-refractivity contribution in [3.05, 3.63) is 54.6 Å². The molecule has 1 aliphatic heterocycles. The number of carbonyl (C=O) groups is 1. The number of nitrogens with one attached hydrogen (secondary N) is 1. The molecule has 186 valence electrons. The monoisotopic (exact) mass is 497 g/mol. The molecule has 5 rings (SSSR count). The van der Waals surface area contributed by atoms with Crippen LogP contribution in [0.25, 0.3) is 11.1 Å². The Morgan fingerprint density at radius 3 is 2.46 bits per heavy atom. The largest absolute Gasteiger partial charge is 0.399 e. The molecule has 0 aromatic heterocycles. The molecule has 8 nitrogen and oxygen atoms in total. The van der Waals surface area contributed by atoms with Gasteiger partial charge in [0.15, 0.2) is 0 Å². The van der Waals surface area contributed by atoms with Crippen LogP contribution in [0.4, 0.5) is 0 Å². The molecule has 2 aromatic rings. The molecule has 3 aliphatic rings. The first-order valence-electron chi connectivity index (χ1n) is 12.1. The summed E-state index contributed by atoms with van der Waals surface area (Å²) in [6.45, 7) is 0.0256. The number of amides is 1. The molecule has 9 heteroatoms. The number of aliphatic hydroxyl groups is 1. The van der Waals surface area contributed by atoms with Gasteiger partial charge in [-0.15, -0.1) is 0 Å². The van der Waals surface area contributed by atoms with E-state index in [1.165, 1.54) is 11.4 Å². The first-order valence-corrected chi connectivity index (χ1v) is 13.5. The van der Waals surface area contributed by atoms with Crippen molar-refractivity contribution in [1.29, 1.82) is 0 Å². The summed E-state index contributed by atoms with van der Waals surface area (Å²) in [6, 6.07) is 15.4. The number of aliphatic hydroxyl groups excluding tert-OH is 1. The van der Waals surface area contributed by atoms with Crippen molar-refractivity contribution in [1.82, 2.24) is 9.62 Å². The topological polar surface area (TPSA) is 108 Å².